The topological polar surface area (TPSA) is 119 Å². The number of hydrogen-bond acceptors (Lipinski definition) is 12. The molecular weight excluding hydrogens is 684 g/mol. The predicted octanol–water partition coefficient (Wildman–Crippen LogP) is 5.44. The molecule has 12 nitrogen and oxygen atoms in total. The average molecular weight is 735 g/mol. The first kappa shape index (κ1) is 38.0. The van der Waals surface area contributed by atoms with Crippen LogP contribution in [0.25, 0.3) is 0 Å². The van der Waals surface area contributed by atoms with Gasteiger partial charge in [0.05, 0.1) is 33.0 Å². The van der Waals surface area contributed by atoms with Gasteiger partial charge >= 0.3 is 5.97 Å². The van der Waals surface area contributed by atoms with Crippen LogP contribution >= 0.6 is 0 Å². The van der Waals surface area contributed by atoms with Crippen LogP contribution in [0.3, 0.4) is 0 Å². The van der Waals surface area contributed by atoms with Crippen molar-refractivity contribution in [2.75, 3.05) is 13.2 Å². The molecule has 53 heavy (non-hydrogen) atoms. The van der Waals surface area contributed by atoms with Gasteiger partial charge in [0, 0.05) is 6.92 Å². The van der Waals surface area contributed by atoms with Crippen molar-refractivity contribution in [2.24, 2.45) is 0 Å². The van der Waals surface area contributed by atoms with Gasteiger partial charge in [-0.2, -0.15) is 0 Å². The Morgan fingerprint density at radius 1 is 0.566 bits per heavy atom. The summed E-state index contributed by atoms with van der Waals surface area (Å²) in [5.74, 6) is -2.28. The minimum atomic E-state index is -1.09. The molecule has 12 heteroatoms. The summed E-state index contributed by atoms with van der Waals surface area (Å²) in [7, 11) is 0. The van der Waals surface area contributed by atoms with Crippen LogP contribution in [0.5, 0.6) is 0 Å². The Kier molecular flexibility index (Phi) is 11.9. The largest absolute Gasteiger partial charge is 0.454 e. The molecule has 0 aromatic heterocycles. The SMILES string of the molecule is CC(=O)O[C@H]1[C@@H](OC[C@H]2O[C@@H]3OC(C)(C)O[C@@H]3[C@H]3OC(C)(C)O[C@H]32)O[C@H](COCc2ccccc2)[C@@H](OCc2ccccc2)[C@@H]1OCc1ccccc1. The lowest BCUT2D eigenvalue weighted by Crippen LogP contribution is -2.63. The molecule has 4 heterocycles. The molecule has 0 radical (unpaired) electrons. The highest BCUT2D eigenvalue weighted by atomic mass is 16.9. The summed E-state index contributed by atoms with van der Waals surface area (Å²) >= 11 is 0. The van der Waals surface area contributed by atoms with Gasteiger partial charge in [-0.3, -0.25) is 4.79 Å². The minimum Gasteiger partial charge on any atom is -0.454 e. The molecule has 4 aliphatic rings. The third kappa shape index (κ3) is 9.52. The predicted molar refractivity (Wildman–Crippen MR) is 189 cm³/mol. The number of rotatable bonds is 14. The molecule has 4 fully saturated rings. The fraction of sp³-hybridized carbons (Fsp3) is 0.537. The number of fused-ring (bicyclic) bond motifs is 3. The van der Waals surface area contributed by atoms with Gasteiger partial charge in [0.15, 0.2) is 30.3 Å². The van der Waals surface area contributed by atoms with E-state index in [1.54, 1.807) is 0 Å². The van der Waals surface area contributed by atoms with Crippen molar-refractivity contribution in [3.05, 3.63) is 108 Å². The van der Waals surface area contributed by atoms with Crippen LogP contribution < -0.4 is 0 Å². The van der Waals surface area contributed by atoms with E-state index in [4.69, 9.17) is 52.1 Å². The molecule has 0 amide bonds. The number of carbonyl (C=O) groups is 1. The van der Waals surface area contributed by atoms with E-state index >= 15 is 0 Å². The molecule has 0 bridgehead atoms. The number of ether oxygens (including phenoxy) is 11. The van der Waals surface area contributed by atoms with Gasteiger partial charge in [0.1, 0.15) is 42.7 Å². The normalized spacial score (nSPS) is 32.8. The van der Waals surface area contributed by atoms with Crippen LogP contribution in [0.2, 0.25) is 0 Å². The Bertz CT molecular complexity index is 1600. The van der Waals surface area contributed by atoms with E-state index in [2.05, 4.69) is 0 Å². The standard InChI is InChI=1S/C41H50O12/c1-26(42)47-36-34(45-23-29-19-13-8-14-20-29)32(44-22-28-17-11-7-12-18-28)30(24-43-21-27-15-9-6-10-16-27)48-38(36)46-25-31-33-35(51-40(2,3)50-33)37-39(49-31)53-41(4,5)52-37/h6-20,30-39H,21-25H2,1-5H3/t30-,31-,32-,33+,34+,35+,36-,37-,38+,39-/m1/s1. The van der Waals surface area contributed by atoms with Crippen molar-refractivity contribution in [3.63, 3.8) is 0 Å². The maximum atomic E-state index is 12.7. The summed E-state index contributed by atoms with van der Waals surface area (Å²) in [5, 5.41) is 0. The van der Waals surface area contributed by atoms with Crippen LogP contribution in [-0.4, -0.2) is 92.2 Å². The Labute approximate surface area is 310 Å². The van der Waals surface area contributed by atoms with E-state index in [-0.39, 0.29) is 26.4 Å². The van der Waals surface area contributed by atoms with Gasteiger partial charge in [-0.15, -0.1) is 0 Å². The molecule has 7 rings (SSSR count). The van der Waals surface area contributed by atoms with Crippen LogP contribution in [-0.2, 0) is 76.7 Å². The summed E-state index contributed by atoms with van der Waals surface area (Å²) in [4.78, 5) is 12.7. The maximum absolute atomic E-state index is 12.7. The minimum absolute atomic E-state index is 0.00537. The van der Waals surface area contributed by atoms with E-state index in [0.29, 0.717) is 6.61 Å². The third-order valence-corrected chi connectivity index (χ3v) is 9.53. The highest BCUT2D eigenvalue weighted by molar-refractivity contribution is 5.66. The Balaban J connectivity index is 1.16. The lowest BCUT2D eigenvalue weighted by atomic mass is 9.97. The van der Waals surface area contributed by atoms with E-state index < -0.39 is 79.0 Å². The van der Waals surface area contributed by atoms with Crippen LogP contribution in [0, 0.1) is 0 Å². The number of carbonyl (C=O) groups excluding carboxylic acids is 1. The van der Waals surface area contributed by atoms with Crippen molar-refractivity contribution in [1.82, 2.24) is 0 Å². The van der Waals surface area contributed by atoms with Gasteiger partial charge in [-0.05, 0) is 44.4 Å². The first-order chi connectivity index (χ1) is 25.5. The Morgan fingerprint density at radius 3 is 1.70 bits per heavy atom. The molecule has 0 spiro atoms. The summed E-state index contributed by atoms with van der Waals surface area (Å²) < 4.78 is 70.1. The number of esters is 1. The zero-order valence-corrected chi connectivity index (χ0v) is 30.9. The summed E-state index contributed by atoms with van der Waals surface area (Å²) in [5.41, 5.74) is 2.92. The molecular formula is C41H50O12. The first-order valence-electron chi connectivity index (χ1n) is 18.3. The monoisotopic (exact) mass is 734 g/mol. The van der Waals surface area contributed by atoms with Crippen molar-refractivity contribution in [1.29, 1.82) is 0 Å². The van der Waals surface area contributed by atoms with Crippen molar-refractivity contribution < 1.29 is 56.9 Å². The van der Waals surface area contributed by atoms with Gasteiger partial charge in [0.25, 0.3) is 0 Å². The molecule has 0 aliphatic carbocycles. The van der Waals surface area contributed by atoms with Gasteiger partial charge in [0.2, 0.25) is 0 Å². The smallest absolute Gasteiger partial charge is 0.303 e. The second kappa shape index (κ2) is 16.6. The lowest BCUT2D eigenvalue weighted by molar-refractivity contribution is -0.330. The van der Waals surface area contributed by atoms with E-state index in [1.807, 2.05) is 119 Å². The van der Waals surface area contributed by atoms with Crippen LogP contribution in [0.1, 0.15) is 51.3 Å². The Hall–Kier alpha value is -3.27. The average Bonchev–Trinajstić information content (AvgIpc) is 3.64. The maximum Gasteiger partial charge on any atom is 0.303 e. The number of benzene rings is 3. The fourth-order valence-electron chi connectivity index (χ4n) is 7.27. The van der Waals surface area contributed by atoms with E-state index in [1.165, 1.54) is 6.92 Å². The van der Waals surface area contributed by atoms with Crippen molar-refractivity contribution in [2.45, 2.75) is 127 Å². The number of hydrogen-bond donors (Lipinski definition) is 0. The fourth-order valence-corrected chi connectivity index (χ4v) is 7.27. The molecule has 0 unspecified atom stereocenters. The van der Waals surface area contributed by atoms with Crippen molar-refractivity contribution in [3.8, 4) is 0 Å². The quantitative estimate of drug-likeness (QED) is 0.196. The molecule has 4 aliphatic heterocycles. The molecule has 0 saturated carbocycles. The molecule has 286 valence electrons. The summed E-state index contributed by atoms with van der Waals surface area (Å²) in [6, 6.07) is 29.5. The lowest BCUT2D eigenvalue weighted by Gasteiger charge is -2.46. The second-order valence-corrected chi connectivity index (χ2v) is 14.7. The van der Waals surface area contributed by atoms with E-state index in [9.17, 15) is 4.79 Å². The van der Waals surface area contributed by atoms with Gasteiger partial charge in [-0.1, -0.05) is 91.0 Å². The van der Waals surface area contributed by atoms with E-state index in [0.717, 1.165) is 16.7 Å². The summed E-state index contributed by atoms with van der Waals surface area (Å²) in [6.07, 6.45) is -7.13. The first-order valence-corrected chi connectivity index (χ1v) is 18.3. The highest BCUT2D eigenvalue weighted by Gasteiger charge is 2.61. The third-order valence-electron chi connectivity index (χ3n) is 9.53. The summed E-state index contributed by atoms with van der Waals surface area (Å²) in [6.45, 7) is 9.71. The second-order valence-electron chi connectivity index (χ2n) is 14.7. The molecule has 4 saturated heterocycles. The molecule has 3 aromatic rings. The molecule has 0 N–H and O–H groups in total. The Morgan fingerprint density at radius 2 is 1.09 bits per heavy atom. The highest BCUT2D eigenvalue weighted by Crippen LogP contribution is 2.44. The molecule has 3 aromatic carbocycles. The van der Waals surface area contributed by atoms with Crippen LogP contribution in [0.4, 0.5) is 0 Å². The van der Waals surface area contributed by atoms with Gasteiger partial charge in [-0.25, -0.2) is 0 Å². The van der Waals surface area contributed by atoms with Crippen molar-refractivity contribution >= 4 is 5.97 Å². The molecule has 10 atom stereocenters. The van der Waals surface area contributed by atoms with Gasteiger partial charge < -0.3 is 52.1 Å². The zero-order valence-electron chi connectivity index (χ0n) is 30.9. The van der Waals surface area contributed by atoms with Crippen LogP contribution in [0.15, 0.2) is 91.0 Å². The zero-order chi connectivity index (χ0) is 37.0.